The molecule has 1 aromatic carbocycles. The lowest BCUT2D eigenvalue weighted by atomic mass is 9.80. The molecule has 3 aliphatic rings. The van der Waals surface area contributed by atoms with Crippen molar-refractivity contribution in [1.82, 2.24) is 0 Å². The van der Waals surface area contributed by atoms with Crippen molar-refractivity contribution in [1.29, 1.82) is 0 Å². The SMILES string of the molecule is CO[C@@]12Sc3ccccc3C1=C1C(=O)OC(=O)C1=C[C@H]2C. The Morgan fingerprint density at radius 3 is 2.76 bits per heavy atom. The molecule has 1 aliphatic carbocycles. The predicted molar refractivity (Wildman–Crippen MR) is 77.3 cm³/mol. The van der Waals surface area contributed by atoms with Crippen LogP contribution in [0.25, 0.3) is 5.57 Å². The van der Waals surface area contributed by atoms with Gasteiger partial charge in [0.05, 0.1) is 11.1 Å². The summed E-state index contributed by atoms with van der Waals surface area (Å²) in [6.45, 7) is 1.99. The largest absolute Gasteiger partial charge is 0.386 e. The van der Waals surface area contributed by atoms with Crippen molar-refractivity contribution in [3.05, 3.63) is 47.1 Å². The number of hydrogen-bond acceptors (Lipinski definition) is 5. The zero-order valence-corrected chi connectivity index (χ0v) is 12.3. The van der Waals surface area contributed by atoms with Crippen molar-refractivity contribution in [2.75, 3.05) is 7.11 Å². The maximum Gasteiger partial charge on any atom is 0.347 e. The van der Waals surface area contributed by atoms with E-state index < -0.39 is 16.9 Å². The van der Waals surface area contributed by atoms with Gasteiger partial charge in [0.15, 0.2) is 4.93 Å². The van der Waals surface area contributed by atoms with Crippen molar-refractivity contribution in [2.45, 2.75) is 16.8 Å². The summed E-state index contributed by atoms with van der Waals surface area (Å²) in [5.41, 5.74) is 2.44. The lowest BCUT2D eigenvalue weighted by Gasteiger charge is -2.36. The number of esters is 2. The molecule has 0 saturated carbocycles. The molecular weight excluding hydrogens is 288 g/mol. The number of rotatable bonds is 1. The molecule has 21 heavy (non-hydrogen) atoms. The predicted octanol–water partition coefficient (Wildman–Crippen LogP) is 2.55. The molecule has 2 aliphatic heterocycles. The number of cyclic esters (lactones) is 2. The fourth-order valence-electron chi connectivity index (χ4n) is 3.27. The molecule has 0 radical (unpaired) electrons. The number of benzene rings is 1. The Hall–Kier alpha value is -1.85. The van der Waals surface area contributed by atoms with Gasteiger partial charge in [-0.1, -0.05) is 43.0 Å². The molecule has 0 spiro atoms. The highest BCUT2D eigenvalue weighted by atomic mass is 32.2. The van der Waals surface area contributed by atoms with E-state index in [2.05, 4.69) is 0 Å². The van der Waals surface area contributed by atoms with Gasteiger partial charge in [0.2, 0.25) is 0 Å². The summed E-state index contributed by atoms with van der Waals surface area (Å²) in [5, 5.41) is 0. The van der Waals surface area contributed by atoms with E-state index in [1.165, 1.54) is 0 Å². The molecule has 0 unspecified atom stereocenters. The third kappa shape index (κ3) is 1.45. The van der Waals surface area contributed by atoms with Gasteiger partial charge in [-0.15, -0.1) is 0 Å². The van der Waals surface area contributed by atoms with E-state index in [9.17, 15) is 9.59 Å². The number of carbonyl (C=O) groups is 2. The molecule has 0 amide bonds. The highest BCUT2D eigenvalue weighted by Crippen LogP contribution is 2.61. The summed E-state index contributed by atoms with van der Waals surface area (Å²) in [6.07, 6.45) is 1.79. The number of hydrogen-bond donors (Lipinski definition) is 0. The van der Waals surface area contributed by atoms with E-state index in [-0.39, 0.29) is 5.92 Å². The van der Waals surface area contributed by atoms with Gasteiger partial charge in [0, 0.05) is 23.5 Å². The Morgan fingerprint density at radius 1 is 1.24 bits per heavy atom. The molecule has 0 aromatic heterocycles. The van der Waals surface area contributed by atoms with Crippen LogP contribution >= 0.6 is 11.8 Å². The molecule has 0 bridgehead atoms. The van der Waals surface area contributed by atoms with Crippen LogP contribution in [0.4, 0.5) is 0 Å². The summed E-state index contributed by atoms with van der Waals surface area (Å²) in [4.78, 5) is 24.4. The molecule has 4 rings (SSSR count). The Bertz CT molecular complexity index is 761. The Balaban J connectivity index is 2.09. The van der Waals surface area contributed by atoms with Gasteiger partial charge in [-0.05, 0) is 11.6 Å². The van der Waals surface area contributed by atoms with Crippen LogP contribution in [-0.2, 0) is 19.1 Å². The first kappa shape index (κ1) is 12.9. The minimum absolute atomic E-state index is 0.0490. The number of thioether (sulfide) groups is 1. The summed E-state index contributed by atoms with van der Waals surface area (Å²) in [5.74, 6) is -1.19. The molecule has 0 N–H and O–H groups in total. The first-order valence-electron chi connectivity index (χ1n) is 6.65. The van der Waals surface area contributed by atoms with Gasteiger partial charge in [-0.25, -0.2) is 9.59 Å². The van der Waals surface area contributed by atoms with Gasteiger partial charge in [0.1, 0.15) is 0 Å². The normalized spacial score (nSPS) is 29.8. The third-order valence-corrected chi connectivity index (χ3v) is 5.84. The van der Waals surface area contributed by atoms with Gasteiger partial charge >= 0.3 is 11.9 Å². The first-order valence-corrected chi connectivity index (χ1v) is 7.47. The van der Waals surface area contributed by atoms with E-state index >= 15 is 0 Å². The van der Waals surface area contributed by atoms with Crippen LogP contribution in [0.15, 0.2) is 46.4 Å². The van der Waals surface area contributed by atoms with Gasteiger partial charge in [0.25, 0.3) is 0 Å². The summed E-state index contributed by atoms with van der Waals surface area (Å²) < 4.78 is 10.6. The maximum absolute atomic E-state index is 12.1. The zero-order valence-electron chi connectivity index (χ0n) is 11.5. The molecule has 4 nitrogen and oxygen atoms in total. The number of fused-ring (bicyclic) bond motifs is 4. The fourth-order valence-corrected chi connectivity index (χ4v) is 4.68. The highest BCUT2D eigenvalue weighted by Gasteiger charge is 2.55. The van der Waals surface area contributed by atoms with Crippen LogP contribution in [0.2, 0.25) is 0 Å². The molecule has 1 fully saturated rings. The molecule has 2 heterocycles. The third-order valence-electron chi connectivity index (χ3n) is 4.21. The highest BCUT2D eigenvalue weighted by molar-refractivity contribution is 8.01. The van der Waals surface area contributed by atoms with Crippen LogP contribution in [-0.4, -0.2) is 24.0 Å². The van der Waals surface area contributed by atoms with E-state index in [0.29, 0.717) is 11.1 Å². The molecule has 106 valence electrons. The van der Waals surface area contributed by atoms with Crippen LogP contribution in [0.1, 0.15) is 12.5 Å². The standard InChI is InChI=1S/C16H12O4S/c1-8-7-10-12(15(18)20-14(10)17)13-9-5-3-4-6-11(9)21-16(8,13)19-2/h3-8H,1-2H3/t8-,16+/m1/s1. The molecule has 1 aromatic rings. The number of methoxy groups -OCH3 is 1. The average molecular weight is 300 g/mol. The molecule has 1 saturated heterocycles. The van der Waals surface area contributed by atoms with Crippen molar-refractivity contribution in [3.63, 3.8) is 0 Å². The van der Waals surface area contributed by atoms with Crippen LogP contribution < -0.4 is 0 Å². The molecular formula is C16H12O4S. The second-order valence-corrected chi connectivity index (χ2v) is 6.52. The Labute approximate surface area is 125 Å². The van der Waals surface area contributed by atoms with Crippen molar-refractivity contribution in [2.24, 2.45) is 5.92 Å². The van der Waals surface area contributed by atoms with Crippen molar-refractivity contribution < 1.29 is 19.1 Å². The summed E-state index contributed by atoms with van der Waals surface area (Å²) in [7, 11) is 1.64. The smallest absolute Gasteiger partial charge is 0.347 e. The van der Waals surface area contributed by atoms with E-state index in [1.54, 1.807) is 24.9 Å². The minimum atomic E-state index is -0.674. The summed E-state index contributed by atoms with van der Waals surface area (Å²) >= 11 is 1.58. The topological polar surface area (TPSA) is 52.6 Å². The van der Waals surface area contributed by atoms with Gasteiger partial charge in [-0.3, -0.25) is 0 Å². The van der Waals surface area contributed by atoms with Crippen LogP contribution in [0, 0.1) is 5.92 Å². The second kappa shape index (κ2) is 4.08. The van der Waals surface area contributed by atoms with Crippen LogP contribution in [0.5, 0.6) is 0 Å². The quantitative estimate of drug-likeness (QED) is 0.589. The lowest BCUT2D eigenvalue weighted by Crippen LogP contribution is -2.36. The van der Waals surface area contributed by atoms with E-state index in [1.807, 2.05) is 31.2 Å². The van der Waals surface area contributed by atoms with Crippen molar-refractivity contribution in [3.8, 4) is 0 Å². The zero-order chi connectivity index (χ0) is 14.8. The van der Waals surface area contributed by atoms with Gasteiger partial charge < -0.3 is 9.47 Å². The first-order chi connectivity index (χ1) is 10.1. The fraction of sp³-hybridized carbons (Fsp3) is 0.250. The van der Waals surface area contributed by atoms with Crippen molar-refractivity contribution >= 4 is 29.3 Å². The number of ether oxygens (including phenoxy) is 2. The van der Waals surface area contributed by atoms with E-state index in [0.717, 1.165) is 16.0 Å². The maximum atomic E-state index is 12.1. The monoisotopic (exact) mass is 300 g/mol. The number of carbonyl (C=O) groups excluding carboxylic acids is 2. The Kier molecular flexibility index (Phi) is 2.50. The molecule has 2 atom stereocenters. The van der Waals surface area contributed by atoms with Gasteiger partial charge in [-0.2, -0.15) is 0 Å². The minimum Gasteiger partial charge on any atom is -0.386 e. The average Bonchev–Trinajstić information content (AvgIpc) is 2.95. The second-order valence-electron chi connectivity index (χ2n) is 5.27. The lowest BCUT2D eigenvalue weighted by molar-refractivity contribution is -0.149. The van der Waals surface area contributed by atoms with Crippen LogP contribution in [0.3, 0.4) is 0 Å². The Morgan fingerprint density at radius 2 is 2.00 bits per heavy atom. The van der Waals surface area contributed by atoms with E-state index in [4.69, 9.17) is 9.47 Å². The molecule has 5 heteroatoms. The summed E-state index contributed by atoms with van der Waals surface area (Å²) in [6, 6.07) is 7.83.